The minimum Gasteiger partial charge on any atom is -0.478 e. The average Bonchev–Trinajstić information content (AvgIpc) is 2.84. The molecule has 2 heterocycles. The standard InChI is InChI=1S/C14H13N5O2/c15-14-17-12-6-10(13(20)21)11(8-19(12)18-14)16-7-9-4-2-1-3-5-9/h1-6,8,16H,7H2,(H2,15,18)(H,20,21). The molecule has 0 amide bonds. The average molecular weight is 283 g/mol. The SMILES string of the molecule is Nc1nc2cc(C(=O)O)c(NCc3ccccc3)cn2n1. The molecule has 0 aliphatic rings. The number of nitrogens with zero attached hydrogens (tertiary/aromatic N) is 3. The van der Waals surface area contributed by atoms with Gasteiger partial charge in [-0.3, -0.25) is 0 Å². The summed E-state index contributed by atoms with van der Waals surface area (Å²) in [5.74, 6) is -0.929. The second-order valence-corrected chi connectivity index (χ2v) is 4.52. The number of carbonyl (C=O) groups is 1. The van der Waals surface area contributed by atoms with E-state index < -0.39 is 5.97 Å². The fourth-order valence-corrected chi connectivity index (χ4v) is 2.06. The van der Waals surface area contributed by atoms with Crippen molar-refractivity contribution < 1.29 is 9.90 Å². The molecule has 2 aromatic heterocycles. The second kappa shape index (κ2) is 5.12. The van der Waals surface area contributed by atoms with Gasteiger partial charge in [0.05, 0.1) is 17.4 Å². The van der Waals surface area contributed by atoms with E-state index in [1.807, 2.05) is 30.3 Å². The van der Waals surface area contributed by atoms with Crippen LogP contribution in [0.1, 0.15) is 15.9 Å². The molecule has 0 aliphatic heterocycles. The van der Waals surface area contributed by atoms with Crippen molar-refractivity contribution in [3.05, 3.63) is 53.7 Å². The van der Waals surface area contributed by atoms with Crippen molar-refractivity contribution in [3.63, 3.8) is 0 Å². The molecule has 0 fully saturated rings. The number of carboxylic acid groups (broad SMARTS) is 1. The fourth-order valence-electron chi connectivity index (χ4n) is 2.06. The van der Waals surface area contributed by atoms with Crippen molar-refractivity contribution in [3.8, 4) is 0 Å². The number of benzene rings is 1. The highest BCUT2D eigenvalue weighted by atomic mass is 16.4. The third kappa shape index (κ3) is 2.62. The van der Waals surface area contributed by atoms with Crippen LogP contribution in [0.5, 0.6) is 0 Å². The van der Waals surface area contributed by atoms with Crippen LogP contribution in [-0.2, 0) is 6.54 Å². The Bertz CT molecular complexity index is 798. The predicted molar refractivity (Wildman–Crippen MR) is 78.1 cm³/mol. The Kier molecular flexibility index (Phi) is 3.15. The molecule has 1 aromatic carbocycles. The summed E-state index contributed by atoms with van der Waals surface area (Å²) in [7, 11) is 0. The number of aromatic carboxylic acids is 1. The molecule has 0 saturated heterocycles. The molecule has 0 spiro atoms. The first-order valence-corrected chi connectivity index (χ1v) is 6.30. The summed E-state index contributed by atoms with van der Waals surface area (Å²) in [5.41, 5.74) is 7.56. The maximum Gasteiger partial charge on any atom is 0.337 e. The van der Waals surface area contributed by atoms with Gasteiger partial charge in [-0.15, -0.1) is 5.10 Å². The van der Waals surface area contributed by atoms with Crippen LogP contribution in [-0.4, -0.2) is 25.7 Å². The van der Waals surface area contributed by atoms with E-state index in [4.69, 9.17) is 5.73 Å². The molecule has 7 nitrogen and oxygen atoms in total. The van der Waals surface area contributed by atoms with Crippen LogP contribution in [0.15, 0.2) is 42.6 Å². The number of pyridine rings is 1. The van der Waals surface area contributed by atoms with Crippen LogP contribution in [0.25, 0.3) is 5.65 Å². The highest BCUT2D eigenvalue weighted by Gasteiger charge is 2.13. The van der Waals surface area contributed by atoms with Crippen molar-refractivity contribution in [2.75, 3.05) is 11.1 Å². The Labute approximate surface area is 120 Å². The van der Waals surface area contributed by atoms with Crippen LogP contribution in [0.2, 0.25) is 0 Å². The lowest BCUT2D eigenvalue weighted by molar-refractivity contribution is 0.0698. The fraction of sp³-hybridized carbons (Fsp3) is 0.0714. The lowest BCUT2D eigenvalue weighted by Crippen LogP contribution is -2.08. The van der Waals surface area contributed by atoms with Gasteiger partial charge >= 0.3 is 5.97 Å². The van der Waals surface area contributed by atoms with Crippen LogP contribution in [0.4, 0.5) is 11.6 Å². The molecule has 0 aliphatic carbocycles. The lowest BCUT2D eigenvalue weighted by Gasteiger charge is -2.10. The van der Waals surface area contributed by atoms with Crippen LogP contribution >= 0.6 is 0 Å². The number of nitrogens with one attached hydrogen (secondary N) is 1. The van der Waals surface area contributed by atoms with E-state index in [-0.39, 0.29) is 11.5 Å². The van der Waals surface area contributed by atoms with Gasteiger partial charge in [-0.05, 0) is 11.6 Å². The minimum absolute atomic E-state index is 0.103. The van der Waals surface area contributed by atoms with Crippen LogP contribution in [0.3, 0.4) is 0 Å². The van der Waals surface area contributed by atoms with Crippen LogP contribution < -0.4 is 11.1 Å². The van der Waals surface area contributed by atoms with E-state index >= 15 is 0 Å². The van der Waals surface area contributed by atoms with Gasteiger partial charge in [-0.2, -0.15) is 4.98 Å². The summed E-state index contributed by atoms with van der Waals surface area (Å²) in [6.07, 6.45) is 1.57. The summed E-state index contributed by atoms with van der Waals surface area (Å²) in [4.78, 5) is 15.3. The van der Waals surface area contributed by atoms with Gasteiger partial charge in [0.1, 0.15) is 0 Å². The predicted octanol–water partition coefficient (Wildman–Crippen LogP) is 1.62. The number of nitrogen functional groups attached to an aromatic ring is 1. The van der Waals surface area contributed by atoms with E-state index in [0.717, 1.165) is 5.56 Å². The second-order valence-electron chi connectivity index (χ2n) is 4.52. The topological polar surface area (TPSA) is 106 Å². The number of aromatic nitrogens is 3. The molecule has 0 unspecified atom stereocenters. The molecule has 4 N–H and O–H groups in total. The molecule has 0 radical (unpaired) electrons. The minimum atomic E-state index is -1.03. The Morgan fingerprint density at radius 3 is 2.81 bits per heavy atom. The molecular formula is C14H13N5O2. The smallest absolute Gasteiger partial charge is 0.337 e. The summed E-state index contributed by atoms with van der Waals surface area (Å²) in [6, 6.07) is 11.1. The van der Waals surface area contributed by atoms with Gasteiger partial charge in [-0.25, -0.2) is 9.31 Å². The zero-order valence-electron chi connectivity index (χ0n) is 11.0. The number of anilines is 2. The first kappa shape index (κ1) is 12.9. The Balaban J connectivity index is 1.95. The summed E-state index contributed by atoms with van der Waals surface area (Å²) in [5, 5.41) is 16.4. The first-order chi connectivity index (χ1) is 10.1. The van der Waals surface area contributed by atoms with Crippen molar-refractivity contribution in [1.29, 1.82) is 0 Å². The van der Waals surface area contributed by atoms with Gasteiger partial charge < -0.3 is 16.2 Å². The monoisotopic (exact) mass is 283 g/mol. The van der Waals surface area contributed by atoms with Gasteiger partial charge in [0.2, 0.25) is 5.95 Å². The quantitative estimate of drug-likeness (QED) is 0.672. The third-order valence-electron chi connectivity index (χ3n) is 3.05. The normalized spacial score (nSPS) is 10.7. The van der Waals surface area contributed by atoms with Crippen molar-refractivity contribution in [2.24, 2.45) is 0 Å². The summed E-state index contributed by atoms with van der Waals surface area (Å²) >= 11 is 0. The molecule has 7 heteroatoms. The highest BCUT2D eigenvalue weighted by Crippen LogP contribution is 2.19. The first-order valence-electron chi connectivity index (χ1n) is 6.30. The molecular weight excluding hydrogens is 270 g/mol. The van der Waals surface area contributed by atoms with E-state index in [1.54, 1.807) is 6.20 Å². The highest BCUT2D eigenvalue weighted by molar-refractivity contribution is 5.95. The van der Waals surface area contributed by atoms with Crippen molar-refractivity contribution in [1.82, 2.24) is 14.6 Å². The molecule has 106 valence electrons. The number of rotatable bonds is 4. The summed E-state index contributed by atoms with van der Waals surface area (Å²) in [6.45, 7) is 0.511. The molecule has 3 aromatic rings. The maximum atomic E-state index is 11.4. The zero-order chi connectivity index (χ0) is 14.8. The molecule has 0 bridgehead atoms. The number of fused-ring (bicyclic) bond motifs is 1. The summed E-state index contributed by atoms with van der Waals surface area (Å²) < 4.78 is 1.45. The van der Waals surface area contributed by atoms with Gasteiger partial charge in [0, 0.05) is 6.54 Å². The molecule has 0 saturated carbocycles. The molecule has 3 rings (SSSR count). The van der Waals surface area contributed by atoms with Gasteiger partial charge in [-0.1, -0.05) is 30.3 Å². The number of hydrogen-bond acceptors (Lipinski definition) is 5. The van der Waals surface area contributed by atoms with Crippen LogP contribution in [0, 0.1) is 0 Å². The maximum absolute atomic E-state index is 11.4. The van der Waals surface area contributed by atoms with Gasteiger partial charge in [0.25, 0.3) is 0 Å². The third-order valence-corrected chi connectivity index (χ3v) is 3.05. The molecule has 0 atom stereocenters. The Morgan fingerprint density at radius 2 is 2.10 bits per heavy atom. The van der Waals surface area contributed by atoms with E-state index in [2.05, 4.69) is 15.4 Å². The van der Waals surface area contributed by atoms with E-state index in [9.17, 15) is 9.90 Å². The number of hydrogen-bond donors (Lipinski definition) is 3. The zero-order valence-corrected chi connectivity index (χ0v) is 11.0. The lowest BCUT2D eigenvalue weighted by atomic mass is 10.2. The Morgan fingerprint density at radius 1 is 1.33 bits per heavy atom. The largest absolute Gasteiger partial charge is 0.478 e. The van der Waals surface area contributed by atoms with E-state index in [0.29, 0.717) is 17.9 Å². The van der Waals surface area contributed by atoms with Gasteiger partial charge in [0.15, 0.2) is 5.65 Å². The van der Waals surface area contributed by atoms with E-state index in [1.165, 1.54) is 10.6 Å². The Hall–Kier alpha value is -3.09. The number of carboxylic acids is 1. The number of nitrogens with two attached hydrogens (primary N) is 1. The van der Waals surface area contributed by atoms with Crippen molar-refractivity contribution in [2.45, 2.75) is 6.54 Å². The molecule has 21 heavy (non-hydrogen) atoms. The van der Waals surface area contributed by atoms with Crippen molar-refractivity contribution >= 4 is 23.3 Å².